The Morgan fingerprint density at radius 3 is 2.96 bits per heavy atom. The summed E-state index contributed by atoms with van der Waals surface area (Å²) in [5.41, 5.74) is 2.84. The van der Waals surface area contributed by atoms with E-state index in [-0.39, 0.29) is 0 Å². The Labute approximate surface area is 132 Å². The van der Waals surface area contributed by atoms with E-state index < -0.39 is 0 Å². The van der Waals surface area contributed by atoms with Crippen LogP contribution in [0.25, 0.3) is 21.9 Å². The van der Waals surface area contributed by atoms with Crippen LogP contribution >= 0.6 is 0 Å². The summed E-state index contributed by atoms with van der Waals surface area (Å²) in [5.74, 6) is 1.41. The molecule has 1 aromatic carbocycles. The van der Waals surface area contributed by atoms with Crippen molar-refractivity contribution in [2.45, 2.75) is 6.54 Å². The lowest BCUT2D eigenvalue weighted by Crippen LogP contribution is -2.04. The highest BCUT2D eigenvalue weighted by Crippen LogP contribution is 2.24. The van der Waals surface area contributed by atoms with Crippen molar-refractivity contribution < 1.29 is 4.74 Å². The predicted octanol–water partition coefficient (Wildman–Crippen LogP) is 3.13. The van der Waals surface area contributed by atoms with Crippen molar-refractivity contribution in [1.82, 2.24) is 19.9 Å². The molecular formula is C17H15N5O. The van der Waals surface area contributed by atoms with Gasteiger partial charge in [-0.05, 0) is 17.7 Å². The predicted molar refractivity (Wildman–Crippen MR) is 89.5 cm³/mol. The van der Waals surface area contributed by atoms with E-state index in [0.717, 1.165) is 33.3 Å². The van der Waals surface area contributed by atoms with Crippen LogP contribution in [0.15, 0.2) is 48.9 Å². The van der Waals surface area contributed by atoms with Gasteiger partial charge >= 0.3 is 0 Å². The number of aromatic nitrogens is 4. The van der Waals surface area contributed by atoms with Crippen molar-refractivity contribution in [3.05, 3.63) is 54.5 Å². The zero-order chi connectivity index (χ0) is 15.6. The van der Waals surface area contributed by atoms with E-state index >= 15 is 0 Å². The van der Waals surface area contributed by atoms with Gasteiger partial charge in [-0.15, -0.1) is 0 Å². The SMILES string of the molecule is COc1cc(CNc2ncnc3[nH]ccc23)c2ccccc2n1. The van der Waals surface area contributed by atoms with E-state index in [4.69, 9.17) is 4.74 Å². The summed E-state index contributed by atoms with van der Waals surface area (Å²) in [4.78, 5) is 16.1. The number of hydrogen-bond donors (Lipinski definition) is 2. The minimum atomic E-state index is 0.606. The molecule has 0 saturated heterocycles. The first-order chi connectivity index (χ1) is 11.3. The summed E-state index contributed by atoms with van der Waals surface area (Å²) in [6.07, 6.45) is 3.40. The van der Waals surface area contributed by atoms with Gasteiger partial charge in [0.1, 0.15) is 17.8 Å². The Bertz CT molecular complexity index is 979. The first kappa shape index (κ1) is 13.5. The zero-order valence-electron chi connectivity index (χ0n) is 12.6. The molecule has 23 heavy (non-hydrogen) atoms. The van der Waals surface area contributed by atoms with E-state index in [9.17, 15) is 0 Å². The number of aromatic amines is 1. The van der Waals surface area contributed by atoms with Crippen molar-refractivity contribution >= 4 is 27.8 Å². The van der Waals surface area contributed by atoms with E-state index in [1.165, 1.54) is 0 Å². The minimum Gasteiger partial charge on any atom is -0.481 e. The smallest absolute Gasteiger partial charge is 0.213 e. The third kappa shape index (κ3) is 2.44. The summed E-state index contributed by atoms with van der Waals surface area (Å²) >= 11 is 0. The summed E-state index contributed by atoms with van der Waals surface area (Å²) < 4.78 is 5.30. The molecule has 0 bridgehead atoms. The second-order valence-electron chi connectivity index (χ2n) is 5.16. The van der Waals surface area contributed by atoms with Gasteiger partial charge < -0.3 is 15.0 Å². The average molecular weight is 305 g/mol. The van der Waals surface area contributed by atoms with Crippen LogP contribution in [-0.2, 0) is 6.54 Å². The van der Waals surface area contributed by atoms with E-state index in [0.29, 0.717) is 12.4 Å². The Morgan fingerprint density at radius 2 is 2.04 bits per heavy atom. The molecule has 3 aromatic heterocycles. The number of H-pyrrole nitrogens is 1. The lowest BCUT2D eigenvalue weighted by atomic mass is 10.1. The number of nitrogens with one attached hydrogen (secondary N) is 2. The molecule has 0 aliphatic carbocycles. The largest absolute Gasteiger partial charge is 0.481 e. The fourth-order valence-electron chi connectivity index (χ4n) is 2.66. The molecule has 2 N–H and O–H groups in total. The summed E-state index contributed by atoms with van der Waals surface area (Å²) in [6, 6.07) is 11.9. The van der Waals surface area contributed by atoms with Gasteiger partial charge in [-0.25, -0.2) is 15.0 Å². The van der Waals surface area contributed by atoms with Crippen molar-refractivity contribution in [3.8, 4) is 5.88 Å². The Hall–Kier alpha value is -3.15. The third-order valence-electron chi connectivity index (χ3n) is 3.79. The third-order valence-corrected chi connectivity index (χ3v) is 3.79. The highest BCUT2D eigenvalue weighted by Gasteiger charge is 2.08. The van der Waals surface area contributed by atoms with Crippen LogP contribution in [0.5, 0.6) is 5.88 Å². The molecule has 0 atom stereocenters. The molecule has 4 aromatic rings. The second kappa shape index (κ2) is 5.57. The molecule has 4 rings (SSSR count). The summed E-state index contributed by atoms with van der Waals surface area (Å²) in [7, 11) is 1.63. The number of benzene rings is 1. The van der Waals surface area contributed by atoms with Crippen molar-refractivity contribution in [3.63, 3.8) is 0 Å². The van der Waals surface area contributed by atoms with Crippen molar-refractivity contribution in [2.75, 3.05) is 12.4 Å². The topological polar surface area (TPSA) is 75.7 Å². The van der Waals surface area contributed by atoms with Gasteiger partial charge in [0.2, 0.25) is 5.88 Å². The highest BCUT2D eigenvalue weighted by molar-refractivity contribution is 5.87. The van der Waals surface area contributed by atoms with Crippen LogP contribution < -0.4 is 10.1 Å². The number of hydrogen-bond acceptors (Lipinski definition) is 5. The van der Waals surface area contributed by atoms with Gasteiger partial charge in [0.05, 0.1) is 18.0 Å². The average Bonchev–Trinajstić information content (AvgIpc) is 3.08. The number of nitrogens with zero attached hydrogens (tertiary/aromatic N) is 3. The quantitative estimate of drug-likeness (QED) is 0.606. The van der Waals surface area contributed by atoms with Gasteiger partial charge in [0, 0.05) is 24.2 Å². The monoisotopic (exact) mass is 305 g/mol. The molecule has 0 aliphatic heterocycles. The van der Waals surface area contributed by atoms with Crippen LogP contribution in [0.1, 0.15) is 5.56 Å². The highest BCUT2D eigenvalue weighted by atomic mass is 16.5. The van der Waals surface area contributed by atoms with Gasteiger partial charge in [0.25, 0.3) is 0 Å². The molecule has 6 heteroatoms. The normalized spacial score (nSPS) is 11.0. The molecule has 0 unspecified atom stereocenters. The minimum absolute atomic E-state index is 0.606. The van der Waals surface area contributed by atoms with Gasteiger partial charge in [-0.3, -0.25) is 0 Å². The van der Waals surface area contributed by atoms with Gasteiger partial charge in [0.15, 0.2) is 0 Å². The maximum Gasteiger partial charge on any atom is 0.213 e. The lowest BCUT2D eigenvalue weighted by Gasteiger charge is -2.11. The van der Waals surface area contributed by atoms with Crippen LogP contribution in [0.2, 0.25) is 0 Å². The molecule has 0 amide bonds. The number of para-hydroxylation sites is 1. The Kier molecular flexibility index (Phi) is 3.27. The van der Waals surface area contributed by atoms with E-state index in [2.05, 4.69) is 31.3 Å². The van der Waals surface area contributed by atoms with Crippen LogP contribution in [0.3, 0.4) is 0 Å². The van der Waals surface area contributed by atoms with Gasteiger partial charge in [-0.1, -0.05) is 18.2 Å². The molecular weight excluding hydrogens is 290 g/mol. The second-order valence-corrected chi connectivity index (χ2v) is 5.16. The molecule has 0 radical (unpaired) electrons. The Morgan fingerprint density at radius 1 is 1.13 bits per heavy atom. The van der Waals surface area contributed by atoms with Crippen LogP contribution in [-0.4, -0.2) is 27.0 Å². The van der Waals surface area contributed by atoms with Crippen LogP contribution in [0.4, 0.5) is 5.82 Å². The molecule has 0 saturated carbocycles. The van der Waals surface area contributed by atoms with Gasteiger partial charge in [-0.2, -0.15) is 0 Å². The van der Waals surface area contributed by atoms with E-state index in [1.54, 1.807) is 13.4 Å². The standard InChI is InChI=1S/C17H15N5O/c1-23-15-8-11(12-4-2-3-5-14(12)22-15)9-19-17-13-6-7-18-16(13)20-10-21-17/h2-8,10H,9H2,1H3,(H2,18,19,20,21). The fraction of sp³-hybridized carbons (Fsp3) is 0.118. The van der Waals surface area contributed by atoms with Crippen molar-refractivity contribution in [1.29, 1.82) is 0 Å². The number of anilines is 1. The molecule has 114 valence electrons. The summed E-state index contributed by atoms with van der Waals surface area (Å²) in [6.45, 7) is 0.622. The number of ether oxygens (including phenoxy) is 1. The number of fused-ring (bicyclic) bond motifs is 2. The lowest BCUT2D eigenvalue weighted by molar-refractivity contribution is 0.399. The molecule has 0 spiro atoms. The first-order valence-corrected chi connectivity index (χ1v) is 7.30. The fourth-order valence-corrected chi connectivity index (χ4v) is 2.66. The number of methoxy groups -OCH3 is 1. The molecule has 3 heterocycles. The molecule has 6 nitrogen and oxygen atoms in total. The zero-order valence-corrected chi connectivity index (χ0v) is 12.6. The number of rotatable bonds is 4. The molecule has 0 fully saturated rings. The maximum absolute atomic E-state index is 5.30. The Balaban J connectivity index is 1.71. The molecule has 0 aliphatic rings. The van der Waals surface area contributed by atoms with Crippen molar-refractivity contribution in [2.24, 2.45) is 0 Å². The summed E-state index contributed by atoms with van der Waals surface area (Å²) in [5, 5.41) is 5.45. The van der Waals surface area contributed by atoms with Crippen LogP contribution in [0, 0.1) is 0 Å². The first-order valence-electron chi connectivity index (χ1n) is 7.30. The number of pyridine rings is 1. The maximum atomic E-state index is 5.30. The van der Waals surface area contributed by atoms with E-state index in [1.807, 2.05) is 36.5 Å².